The Morgan fingerprint density at radius 3 is 2.69 bits per heavy atom. The molecule has 3 rings (SSSR count). The van der Waals surface area contributed by atoms with Gasteiger partial charge in [-0.15, -0.1) is 11.3 Å². The zero-order valence-electron chi connectivity index (χ0n) is 17.2. The highest BCUT2D eigenvalue weighted by Gasteiger charge is 2.33. The third-order valence-corrected chi connectivity index (χ3v) is 7.08. The number of nitrogens with two attached hydrogens (primary N) is 1. The lowest BCUT2D eigenvalue weighted by molar-refractivity contribution is -0.118. The molecule has 0 radical (unpaired) electrons. The van der Waals surface area contributed by atoms with E-state index in [1.54, 1.807) is 18.2 Å². The summed E-state index contributed by atoms with van der Waals surface area (Å²) < 4.78 is 5.56. The Bertz CT molecular complexity index is 946. The second kappa shape index (κ2) is 8.36. The molecule has 1 aliphatic carbocycles. The zero-order valence-corrected chi connectivity index (χ0v) is 18.8. The van der Waals surface area contributed by atoms with Crippen LogP contribution in [0.25, 0.3) is 0 Å². The van der Waals surface area contributed by atoms with E-state index in [4.69, 9.17) is 22.1 Å². The molecular formula is C22H27ClN2O3S. The molecule has 2 amide bonds. The number of ether oxygens (including phenoxy) is 1. The largest absolute Gasteiger partial charge is 0.484 e. The van der Waals surface area contributed by atoms with Gasteiger partial charge in [0.1, 0.15) is 10.8 Å². The van der Waals surface area contributed by atoms with E-state index < -0.39 is 5.91 Å². The molecule has 0 fully saturated rings. The van der Waals surface area contributed by atoms with Gasteiger partial charge in [-0.1, -0.05) is 32.4 Å². The Morgan fingerprint density at radius 2 is 2.07 bits per heavy atom. The molecule has 0 aliphatic heterocycles. The molecule has 3 N–H and O–H groups in total. The maximum Gasteiger partial charge on any atom is 0.262 e. The van der Waals surface area contributed by atoms with Crippen LogP contribution in [-0.2, 0) is 17.6 Å². The summed E-state index contributed by atoms with van der Waals surface area (Å²) in [7, 11) is 0. The van der Waals surface area contributed by atoms with Crippen molar-refractivity contribution in [2.75, 3.05) is 11.9 Å². The molecule has 1 aromatic heterocycles. The number of benzene rings is 1. The van der Waals surface area contributed by atoms with Gasteiger partial charge in [-0.2, -0.15) is 0 Å². The molecule has 5 nitrogen and oxygen atoms in total. The number of fused-ring (bicyclic) bond motifs is 1. The molecule has 1 aliphatic rings. The number of hydrogen-bond donors (Lipinski definition) is 2. The molecule has 1 heterocycles. The number of carbonyl (C=O) groups is 2. The minimum absolute atomic E-state index is 0.160. The summed E-state index contributed by atoms with van der Waals surface area (Å²) in [6.07, 6.45) is 2.72. The maximum atomic E-state index is 12.4. The Balaban J connectivity index is 1.73. The van der Waals surface area contributed by atoms with Gasteiger partial charge in [0.25, 0.3) is 11.8 Å². The van der Waals surface area contributed by atoms with Crippen LogP contribution in [0.4, 0.5) is 5.00 Å². The second-order valence-corrected chi connectivity index (χ2v) is 10.1. The predicted octanol–water partition coefficient (Wildman–Crippen LogP) is 4.98. The van der Waals surface area contributed by atoms with Crippen LogP contribution in [0.1, 0.15) is 53.6 Å². The lowest BCUT2D eigenvalue weighted by atomic mass is 9.72. The Morgan fingerprint density at radius 1 is 1.34 bits per heavy atom. The quantitative estimate of drug-likeness (QED) is 0.696. The molecule has 0 spiro atoms. The second-order valence-electron chi connectivity index (χ2n) is 8.63. The first kappa shape index (κ1) is 21.7. The molecule has 1 aromatic carbocycles. The van der Waals surface area contributed by atoms with Gasteiger partial charge in [0.05, 0.1) is 5.56 Å². The van der Waals surface area contributed by atoms with Gasteiger partial charge in [0, 0.05) is 9.90 Å². The van der Waals surface area contributed by atoms with Crippen molar-refractivity contribution >= 4 is 39.8 Å². The average Bonchev–Trinajstić information content (AvgIpc) is 2.99. The smallest absolute Gasteiger partial charge is 0.262 e. The SMILES string of the molecule is Cc1cc(OCC(=O)Nc2sc3c(c2C(N)=O)CC[C@H](C(C)(C)C)C3)ccc1Cl. The average molecular weight is 435 g/mol. The number of nitrogens with one attached hydrogen (secondary N) is 1. The van der Waals surface area contributed by atoms with Crippen LogP contribution >= 0.6 is 22.9 Å². The fourth-order valence-corrected chi connectivity index (χ4v) is 5.16. The summed E-state index contributed by atoms with van der Waals surface area (Å²) >= 11 is 7.47. The highest BCUT2D eigenvalue weighted by Crippen LogP contribution is 2.44. The molecule has 0 unspecified atom stereocenters. The predicted molar refractivity (Wildman–Crippen MR) is 118 cm³/mol. The van der Waals surface area contributed by atoms with E-state index in [-0.39, 0.29) is 17.9 Å². The molecule has 1 atom stereocenters. The molecule has 0 bridgehead atoms. The highest BCUT2D eigenvalue weighted by molar-refractivity contribution is 7.17. The number of hydrogen-bond acceptors (Lipinski definition) is 4. The lowest BCUT2D eigenvalue weighted by Crippen LogP contribution is -2.27. The number of rotatable bonds is 5. The Labute approximate surface area is 180 Å². The number of primary amides is 1. The van der Waals surface area contributed by atoms with Crippen molar-refractivity contribution in [1.29, 1.82) is 0 Å². The van der Waals surface area contributed by atoms with Crippen molar-refractivity contribution in [3.8, 4) is 5.75 Å². The van der Waals surface area contributed by atoms with Gasteiger partial charge in [0.2, 0.25) is 0 Å². The van der Waals surface area contributed by atoms with Gasteiger partial charge in [-0.25, -0.2) is 0 Å². The number of aryl methyl sites for hydroxylation is 1. The molecule has 2 aromatic rings. The summed E-state index contributed by atoms with van der Waals surface area (Å²) in [5.74, 6) is 0.275. The number of anilines is 1. The number of carbonyl (C=O) groups excluding carboxylic acids is 2. The first-order valence-electron chi connectivity index (χ1n) is 9.69. The lowest BCUT2D eigenvalue weighted by Gasteiger charge is -2.33. The third-order valence-electron chi connectivity index (χ3n) is 5.49. The van der Waals surface area contributed by atoms with Crippen molar-refractivity contribution < 1.29 is 14.3 Å². The van der Waals surface area contributed by atoms with Crippen LogP contribution in [0, 0.1) is 18.3 Å². The van der Waals surface area contributed by atoms with Gasteiger partial charge in [0.15, 0.2) is 6.61 Å². The van der Waals surface area contributed by atoms with E-state index in [0.29, 0.717) is 27.3 Å². The summed E-state index contributed by atoms with van der Waals surface area (Å²) in [5.41, 5.74) is 8.16. The third kappa shape index (κ3) is 4.93. The monoisotopic (exact) mass is 434 g/mol. The van der Waals surface area contributed by atoms with Crippen molar-refractivity contribution in [2.24, 2.45) is 17.1 Å². The molecule has 0 saturated heterocycles. The van der Waals surface area contributed by atoms with Gasteiger partial charge in [-0.05, 0) is 66.8 Å². The van der Waals surface area contributed by atoms with E-state index in [1.165, 1.54) is 11.3 Å². The Kier molecular flexibility index (Phi) is 6.24. The Hall–Kier alpha value is -2.05. The van der Waals surface area contributed by atoms with Crippen LogP contribution in [0.2, 0.25) is 5.02 Å². The van der Waals surface area contributed by atoms with Crippen molar-refractivity contribution in [3.63, 3.8) is 0 Å². The molecule has 0 saturated carbocycles. The minimum atomic E-state index is -0.499. The summed E-state index contributed by atoms with van der Waals surface area (Å²) in [6, 6.07) is 5.23. The maximum absolute atomic E-state index is 12.4. The van der Waals surface area contributed by atoms with Crippen molar-refractivity contribution in [3.05, 3.63) is 44.8 Å². The first-order valence-corrected chi connectivity index (χ1v) is 10.9. The fraction of sp³-hybridized carbons (Fsp3) is 0.455. The van der Waals surface area contributed by atoms with E-state index in [9.17, 15) is 9.59 Å². The van der Waals surface area contributed by atoms with Crippen LogP contribution in [-0.4, -0.2) is 18.4 Å². The van der Waals surface area contributed by atoms with Crippen LogP contribution in [0.15, 0.2) is 18.2 Å². The van der Waals surface area contributed by atoms with Gasteiger partial charge < -0.3 is 15.8 Å². The summed E-state index contributed by atoms with van der Waals surface area (Å²) in [5, 5.41) is 4.00. The van der Waals surface area contributed by atoms with Crippen molar-refractivity contribution in [2.45, 2.75) is 47.0 Å². The summed E-state index contributed by atoms with van der Waals surface area (Å²) in [4.78, 5) is 25.7. The first-order chi connectivity index (χ1) is 13.6. The number of halogens is 1. The van der Waals surface area contributed by atoms with Crippen LogP contribution in [0.3, 0.4) is 0 Å². The fourth-order valence-electron chi connectivity index (χ4n) is 3.69. The van der Waals surface area contributed by atoms with Crippen molar-refractivity contribution in [1.82, 2.24) is 0 Å². The highest BCUT2D eigenvalue weighted by atomic mass is 35.5. The van der Waals surface area contributed by atoms with Gasteiger partial charge >= 0.3 is 0 Å². The number of amides is 2. The van der Waals surface area contributed by atoms with Crippen LogP contribution in [0.5, 0.6) is 5.75 Å². The van der Waals surface area contributed by atoms with E-state index in [0.717, 1.165) is 35.3 Å². The van der Waals surface area contributed by atoms with E-state index in [1.807, 2.05) is 6.92 Å². The van der Waals surface area contributed by atoms with E-state index >= 15 is 0 Å². The normalized spacial score (nSPS) is 16.2. The standard InChI is InChI=1S/C22H27ClN2O3S/c1-12-9-14(6-8-16(12)23)28-11-18(26)25-21-19(20(24)27)15-7-5-13(22(2,3)4)10-17(15)29-21/h6,8-9,13H,5,7,10-11H2,1-4H3,(H2,24,27)(H,25,26)/t13-/m0/s1. The topological polar surface area (TPSA) is 81.4 Å². The minimum Gasteiger partial charge on any atom is -0.484 e. The molecular weight excluding hydrogens is 408 g/mol. The van der Waals surface area contributed by atoms with E-state index in [2.05, 4.69) is 26.1 Å². The summed E-state index contributed by atoms with van der Waals surface area (Å²) in [6.45, 7) is 8.43. The van der Waals surface area contributed by atoms with Crippen LogP contribution < -0.4 is 15.8 Å². The van der Waals surface area contributed by atoms with Gasteiger partial charge in [-0.3, -0.25) is 9.59 Å². The zero-order chi connectivity index (χ0) is 21.3. The molecule has 29 heavy (non-hydrogen) atoms. The number of thiophene rings is 1. The molecule has 7 heteroatoms. The molecule has 156 valence electrons.